The minimum Gasteiger partial charge on any atom is -0.481 e. The molecule has 1 saturated carbocycles. The number of nitrogens with one attached hydrogen (secondary N) is 2. The molecule has 2 aromatic carbocycles. The third kappa shape index (κ3) is 4.83. The monoisotopic (exact) mass is 490 g/mol. The predicted molar refractivity (Wildman–Crippen MR) is 132 cm³/mol. The van der Waals surface area contributed by atoms with E-state index in [4.69, 9.17) is 16.3 Å². The first-order valence-corrected chi connectivity index (χ1v) is 11.8. The molecule has 0 aliphatic heterocycles. The highest BCUT2D eigenvalue weighted by Crippen LogP contribution is 2.33. The summed E-state index contributed by atoms with van der Waals surface area (Å²) in [6, 6.07) is 14.4. The summed E-state index contributed by atoms with van der Waals surface area (Å²) in [6.45, 7) is 0. The molecule has 0 spiro atoms. The van der Waals surface area contributed by atoms with Crippen LogP contribution >= 0.6 is 11.6 Å². The van der Waals surface area contributed by atoms with E-state index in [1.54, 1.807) is 30.6 Å². The lowest BCUT2D eigenvalue weighted by Gasteiger charge is -2.27. The number of ketones is 1. The number of carboxylic acids is 1. The number of aliphatic carboxylic acids is 1. The first kappa shape index (κ1) is 22.9. The molecule has 2 aromatic heterocycles. The molecule has 0 amide bonds. The quantitative estimate of drug-likeness (QED) is 0.285. The number of para-hydroxylation sites is 1. The summed E-state index contributed by atoms with van der Waals surface area (Å²) in [5, 5.41) is 21.8. The molecule has 1 aliphatic carbocycles. The molecule has 4 aromatic rings. The Morgan fingerprint density at radius 2 is 1.80 bits per heavy atom. The normalized spacial score (nSPS) is 17.7. The zero-order chi connectivity index (χ0) is 24.4. The number of hydrogen-bond acceptors (Lipinski definition) is 6. The van der Waals surface area contributed by atoms with Gasteiger partial charge in [-0.05, 0) is 49.9 Å². The van der Waals surface area contributed by atoms with Crippen LogP contribution in [0.25, 0.3) is 11.0 Å². The highest BCUT2D eigenvalue weighted by Gasteiger charge is 2.27. The van der Waals surface area contributed by atoms with Crippen LogP contribution in [0.15, 0.2) is 60.9 Å². The summed E-state index contributed by atoms with van der Waals surface area (Å²) < 4.78 is 5.81. The van der Waals surface area contributed by atoms with Gasteiger partial charge in [-0.3, -0.25) is 9.59 Å². The van der Waals surface area contributed by atoms with Crippen LogP contribution in [-0.2, 0) is 4.79 Å². The predicted octanol–water partition coefficient (Wildman–Crippen LogP) is 5.69. The van der Waals surface area contributed by atoms with Gasteiger partial charge in [-0.2, -0.15) is 5.10 Å². The van der Waals surface area contributed by atoms with Gasteiger partial charge in [0.1, 0.15) is 11.5 Å². The number of aromatic nitrogens is 3. The van der Waals surface area contributed by atoms with E-state index < -0.39 is 5.97 Å². The van der Waals surface area contributed by atoms with E-state index in [-0.39, 0.29) is 22.8 Å². The molecule has 0 unspecified atom stereocenters. The molecule has 0 saturated heterocycles. The number of carbonyl (C=O) groups is 2. The highest BCUT2D eigenvalue weighted by molar-refractivity contribution is 6.35. The van der Waals surface area contributed by atoms with Crippen molar-refractivity contribution in [3.8, 4) is 11.5 Å². The molecule has 5 rings (SSSR count). The third-order valence-electron chi connectivity index (χ3n) is 6.32. The van der Waals surface area contributed by atoms with Crippen molar-refractivity contribution >= 4 is 40.1 Å². The van der Waals surface area contributed by atoms with Gasteiger partial charge in [0.15, 0.2) is 11.4 Å². The maximum Gasteiger partial charge on any atom is 0.306 e. The maximum atomic E-state index is 13.5. The summed E-state index contributed by atoms with van der Waals surface area (Å²) in [4.78, 5) is 27.8. The average Bonchev–Trinajstić information content (AvgIpc) is 3.30. The van der Waals surface area contributed by atoms with Crippen LogP contribution in [0.2, 0.25) is 5.02 Å². The Hall–Kier alpha value is -3.91. The number of anilines is 1. The first-order chi connectivity index (χ1) is 17.0. The smallest absolute Gasteiger partial charge is 0.306 e. The van der Waals surface area contributed by atoms with Crippen LogP contribution in [-0.4, -0.2) is 38.1 Å². The number of carbonyl (C=O) groups excluding carboxylic acids is 1. The first-order valence-electron chi connectivity index (χ1n) is 11.4. The van der Waals surface area contributed by atoms with Crippen LogP contribution in [0, 0.1) is 5.92 Å². The summed E-state index contributed by atoms with van der Waals surface area (Å²) in [6.07, 6.45) is 5.88. The van der Waals surface area contributed by atoms with Crippen molar-refractivity contribution in [2.24, 2.45) is 5.92 Å². The lowest BCUT2D eigenvalue weighted by Crippen LogP contribution is -2.29. The summed E-state index contributed by atoms with van der Waals surface area (Å²) in [5.74, 6) is -0.0954. The molecule has 0 radical (unpaired) electrons. The summed E-state index contributed by atoms with van der Waals surface area (Å²) in [7, 11) is 0. The van der Waals surface area contributed by atoms with Gasteiger partial charge in [-0.25, -0.2) is 0 Å². The number of aromatic amines is 1. The molecule has 0 atom stereocenters. The van der Waals surface area contributed by atoms with Crippen molar-refractivity contribution in [1.29, 1.82) is 0 Å². The Bertz CT molecular complexity index is 1380. The van der Waals surface area contributed by atoms with E-state index in [9.17, 15) is 14.7 Å². The van der Waals surface area contributed by atoms with Crippen molar-refractivity contribution in [3.63, 3.8) is 0 Å². The van der Waals surface area contributed by atoms with Crippen LogP contribution < -0.4 is 10.1 Å². The van der Waals surface area contributed by atoms with E-state index in [1.165, 1.54) is 0 Å². The fourth-order valence-corrected chi connectivity index (χ4v) is 4.74. The van der Waals surface area contributed by atoms with Crippen molar-refractivity contribution < 1.29 is 19.4 Å². The van der Waals surface area contributed by atoms with Crippen LogP contribution in [0.4, 0.5) is 5.69 Å². The second-order valence-corrected chi connectivity index (χ2v) is 9.01. The minimum atomic E-state index is -0.744. The van der Waals surface area contributed by atoms with Crippen LogP contribution in [0.3, 0.4) is 0 Å². The van der Waals surface area contributed by atoms with Gasteiger partial charge in [0.05, 0.1) is 33.8 Å². The number of fused-ring (bicyclic) bond motifs is 1. The van der Waals surface area contributed by atoms with E-state index in [0.717, 1.165) is 12.8 Å². The number of nitrogens with zero attached hydrogens (tertiary/aromatic N) is 2. The fourth-order valence-electron chi connectivity index (χ4n) is 4.48. The maximum absolute atomic E-state index is 13.5. The minimum absolute atomic E-state index is 0.0915. The van der Waals surface area contributed by atoms with Gasteiger partial charge in [-0.15, -0.1) is 5.10 Å². The lowest BCUT2D eigenvalue weighted by atomic mass is 9.86. The largest absolute Gasteiger partial charge is 0.481 e. The molecule has 2 heterocycles. The van der Waals surface area contributed by atoms with Crippen LogP contribution in [0.5, 0.6) is 11.5 Å². The Morgan fingerprint density at radius 1 is 1.03 bits per heavy atom. The molecule has 0 bridgehead atoms. The van der Waals surface area contributed by atoms with Crippen molar-refractivity contribution in [2.75, 3.05) is 5.32 Å². The molecule has 1 aliphatic rings. The Labute approximate surface area is 206 Å². The SMILES string of the molecule is O=C(c1ccc(Oc2ccccc2)cc1Cl)c1c[nH]c2nncc(N[C@H]3CC[C@H](C(=O)O)CC3)c12. The van der Waals surface area contributed by atoms with Gasteiger partial charge < -0.3 is 20.1 Å². The summed E-state index contributed by atoms with van der Waals surface area (Å²) in [5.41, 5.74) is 1.93. The molecule has 178 valence electrons. The molecule has 3 N–H and O–H groups in total. The molecule has 9 heteroatoms. The highest BCUT2D eigenvalue weighted by atomic mass is 35.5. The summed E-state index contributed by atoms with van der Waals surface area (Å²) >= 11 is 6.49. The number of hydrogen-bond donors (Lipinski definition) is 3. The van der Waals surface area contributed by atoms with E-state index >= 15 is 0 Å². The number of carboxylic acid groups (broad SMARTS) is 1. The number of benzene rings is 2. The van der Waals surface area contributed by atoms with Gasteiger partial charge in [0.2, 0.25) is 0 Å². The number of ether oxygens (including phenoxy) is 1. The third-order valence-corrected chi connectivity index (χ3v) is 6.63. The number of rotatable bonds is 7. The zero-order valence-electron chi connectivity index (χ0n) is 18.7. The van der Waals surface area contributed by atoms with Gasteiger partial charge in [0.25, 0.3) is 0 Å². The van der Waals surface area contributed by atoms with Gasteiger partial charge >= 0.3 is 5.97 Å². The van der Waals surface area contributed by atoms with Gasteiger partial charge in [-0.1, -0.05) is 29.8 Å². The molecular weight excluding hydrogens is 468 g/mol. The van der Waals surface area contributed by atoms with Crippen LogP contribution in [0.1, 0.15) is 41.6 Å². The Kier molecular flexibility index (Phi) is 6.37. The molecule has 8 nitrogen and oxygen atoms in total. The Balaban J connectivity index is 1.39. The topological polar surface area (TPSA) is 117 Å². The fraction of sp³-hybridized carbons (Fsp3) is 0.231. The van der Waals surface area contributed by atoms with E-state index in [0.29, 0.717) is 52.2 Å². The van der Waals surface area contributed by atoms with Gasteiger partial charge in [0, 0.05) is 23.9 Å². The standard InChI is InChI=1S/C26H23ClN4O4/c27-21-12-18(35-17-4-2-1-3-5-17)10-11-19(21)24(32)20-13-28-25-23(20)22(14-29-31-25)30-16-8-6-15(7-9-16)26(33)34/h1-5,10-16H,6-9H2,(H,33,34)(H2,28,30,31)/t15-,16-. The zero-order valence-corrected chi connectivity index (χ0v) is 19.5. The number of halogens is 1. The number of H-pyrrole nitrogens is 1. The lowest BCUT2D eigenvalue weighted by molar-refractivity contribution is -0.142. The van der Waals surface area contributed by atoms with Crippen molar-refractivity contribution in [3.05, 3.63) is 77.1 Å². The van der Waals surface area contributed by atoms with Crippen molar-refractivity contribution in [1.82, 2.24) is 15.2 Å². The van der Waals surface area contributed by atoms with E-state index in [1.807, 2.05) is 30.3 Å². The molecule has 35 heavy (non-hydrogen) atoms. The van der Waals surface area contributed by atoms with E-state index in [2.05, 4.69) is 20.5 Å². The molecule has 1 fully saturated rings. The van der Waals surface area contributed by atoms with Crippen molar-refractivity contribution in [2.45, 2.75) is 31.7 Å². The second kappa shape index (κ2) is 9.76. The Morgan fingerprint density at radius 3 is 2.51 bits per heavy atom. The second-order valence-electron chi connectivity index (χ2n) is 8.60. The molecular formula is C26H23ClN4O4. The average molecular weight is 491 g/mol.